The molecule has 0 saturated carbocycles. The van der Waals surface area contributed by atoms with Crippen molar-refractivity contribution < 1.29 is 29.2 Å². The molecule has 2 rings (SSSR count). The summed E-state index contributed by atoms with van der Waals surface area (Å²) in [4.78, 5) is 15.9. The summed E-state index contributed by atoms with van der Waals surface area (Å²) in [6, 6.07) is 0. The van der Waals surface area contributed by atoms with E-state index in [2.05, 4.69) is 4.98 Å². The normalized spacial score (nSPS) is 22.1. The molecule has 0 radical (unpaired) electrons. The van der Waals surface area contributed by atoms with E-state index in [0.717, 1.165) is 0 Å². The molecule has 1 aromatic rings. The Balaban J connectivity index is 2.14. The van der Waals surface area contributed by atoms with E-state index < -0.39 is 24.1 Å². The standard InChI is InChI=1S/C17H28N2O6/c1-5-17(6-2)24-9-13(25-17)15(22)14(21)12-8-19(10-23-7-3)16(18-12)11(4)20/h8,13-15,21-22H,5-7,9-10H2,1-4H3/t13-,14-,15-/m0/s1. The molecule has 0 amide bonds. The van der Waals surface area contributed by atoms with Crippen molar-refractivity contribution in [3.8, 4) is 0 Å². The van der Waals surface area contributed by atoms with Crippen molar-refractivity contribution in [3.63, 3.8) is 0 Å². The third-order valence-electron chi connectivity index (χ3n) is 4.51. The molecule has 25 heavy (non-hydrogen) atoms. The first-order valence-corrected chi connectivity index (χ1v) is 8.71. The van der Waals surface area contributed by atoms with Gasteiger partial charge in [-0.3, -0.25) is 4.79 Å². The zero-order chi connectivity index (χ0) is 18.6. The van der Waals surface area contributed by atoms with Crippen molar-refractivity contribution in [2.24, 2.45) is 0 Å². The first-order chi connectivity index (χ1) is 11.9. The minimum absolute atomic E-state index is 0.152. The van der Waals surface area contributed by atoms with E-state index >= 15 is 0 Å². The molecule has 142 valence electrons. The Bertz CT molecular complexity index is 584. The first-order valence-electron chi connectivity index (χ1n) is 8.71. The summed E-state index contributed by atoms with van der Waals surface area (Å²) < 4.78 is 18.4. The molecule has 8 nitrogen and oxygen atoms in total. The van der Waals surface area contributed by atoms with Crippen molar-refractivity contribution >= 4 is 5.78 Å². The van der Waals surface area contributed by atoms with Crippen molar-refractivity contribution in [1.82, 2.24) is 9.55 Å². The van der Waals surface area contributed by atoms with Gasteiger partial charge in [-0.25, -0.2) is 4.98 Å². The number of ketones is 1. The van der Waals surface area contributed by atoms with E-state index in [-0.39, 0.29) is 30.6 Å². The Morgan fingerprint density at radius 2 is 2.12 bits per heavy atom. The first kappa shape index (κ1) is 20.0. The van der Waals surface area contributed by atoms with Crippen molar-refractivity contribution in [1.29, 1.82) is 0 Å². The maximum Gasteiger partial charge on any atom is 0.195 e. The zero-order valence-electron chi connectivity index (χ0n) is 15.3. The number of aliphatic hydroxyl groups is 2. The van der Waals surface area contributed by atoms with Gasteiger partial charge in [0.2, 0.25) is 0 Å². The van der Waals surface area contributed by atoms with Gasteiger partial charge in [0.25, 0.3) is 0 Å². The summed E-state index contributed by atoms with van der Waals surface area (Å²) in [5, 5.41) is 21.0. The second kappa shape index (κ2) is 8.37. The quantitative estimate of drug-likeness (QED) is 0.645. The van der Waals surface area contributed by atoms with Crippen LogP contribution in [0.15, 0.2) is 6.20 Å². The highest BCUT2D eigenvalue weighted by atomic mass is 16.7. The van der Waals surface area contributed by atoms with Crippen molar-refractivity contribution in [3.05, 3.63) is 17.7 Å². The summed E-state index contributed by atoms with van der Waals surface area (Å²) in [5.41, 5.74) is 0.200. The van der Waals surface area contributed by atoms with E-state index in [1.807, 2.05) is 20.8 Å². The van der Waals surface area contributed by atoms with E-state index in [9.17, 15) is 15.0 Å². The van der Waals surface area contributed by atoms with Crippen LogP contribution in [0.25, 0.3) is 0 Å². The average molecular weight is 356 g/mol. The number of nitrogens with zero attached hydrogens (tertiary/aromatic N) is 2. The molecule has 1 fully saturated rings. The molecular weight excluding hydrogens is 328 g/mol. The van der Waals surface area contributed by atoms with Gasteiger partial charge in [0.15, 0.2) is 17.4 Å². The van der Waals surface area contributed by atoms with Gasteiger partial charge in [-0.05, 0) is 19.8 Å². The predicted octanol–water partition coefficient (Wildman–Crippen LogP) is 1.41. The number of imidazole rings is 1. The maximum absolute atomic E-state index is 11.7. The minimum atomic E-state index is -1.29. The number of hydrogen-bond acceptors (Lipinski definition) is 7. The van der Waals surface area contributed by atoms with Crippen LogP contribution in [0.5, 0.6) is 0 Å². The van der Waals surface area contributed by atoms with Crippen LogP contribution >= 0.6 is 0 Å². The van der Waals surface area contributed by atoms with Crippen molar-refractivity contribution in [2.75, 3.05) is 13.2 Å². The van der Waals surface area contributed by atoms with Gasteiger partial charge in [0.1, 0.15) is 25.0 Å². The van der Waals surface area contributed by atoms with Crippen LogP contribution in [0.1, 0.15) is 63.0 Å². The molecule has 2 heterocycles. The Labute approximate surface area is 147 Å². The fraction of sp³-hybridized carbons (Fsp3) is 0.765. The smallest absolute Gasteiger partial charge is 0.195 e. The number of aromatic nitrogens is 2. The van der Waals surface area contributed by atoms with E-state index in [0.29, 0.717) is 19.4 Å². The van der Waals surface area contributed by atoms with Crippen LogP contribution in [-0.2, 0) is 20.9 Å². The second-order valence-electron chi connectivity index (χ2n) is 6.16. The van der Waals surface area contributed by atoms with Gasteiger partial charge in [-0.2, -0.15) is 0 Å². The Morgan fingerprint density at radius 1 is 1.44 bits per heavy atom. The van der Waals surface area contributed by atoms with E-state index in [1.165, 1.54) is 17.7 Å². The van der Waals surface area contributed by atoms with Crippen LogP contribution in [0, 0.1) is 0 Å². The molecule has 0 spiro atoms. The topological polar surface area (TPSA) is 103 Å². The zero-order valence-corrected chi connectivity index (χ0v) is 15.3. The molecule has 1 aliphatic heterocycles. The second-order valence-corrected chi connectivity index (χ2v) is 6.16. The number of aliphatic hydroxyl groups excluding tert-OH is 2. The van der Waals surface area contributed by atoms with Gasteiger partial charge in [0, 0.05) is 19.7 Å². The molecular formula is C17H28N2O6. The lowest BCUT2D eigenvalue weighted by Crippen LogP contribution is -2.37. The highest BCUT2D eigenvalue weighted by Crippen LogP contribution is 2.34. The Morgan fingerprint density at radius 3 is 2.64 bits per heavy atom. The van der Waals surface area contributed by atoms with Crippen LogP contribution < -0.4 is 0 Å². The van der Waals surface area contributed by atoms with Gasteiger partial charge in [-0.15, -0.1) is 0 Å². The number of Topliss-reactive ketones (excluding diaryl/α,β-unsaturated/α-hetero) is 1. The molecule has 1 saturated heterocycles. The summed E-state index contributed by atoms with van der Waals surface area (Å²) in [5.74, 6) is -0.789. The van der Waals surface area contributed by atoms with Crippen LogP contribution in [0.2, 0.25) is 0 Å². The average Bonchev–Trinajstić information content (AvgIpc) is 3.23. The summed E-state index contributed by atoms with van der Waals surface area (Å²) in [6.07, 6.45) is -0.342. The monoisotopic (exact) mass is 356 g/mol. The molecule has 0 bridgehead atoms. The molecule has 8 heteroatoms. The molecule has 2 N–H and O–H groups in total. The van der Waals surface area contributed by atoms with Gasteiger partial charge < -0.3 is 29.0 Å². The molecule has 1 aromatic heterocycles. The molecule has 1 aliphatic rings. The SMILES string of the molecule is CCOCn1cc([C@H](O)[C@@H](O)[C@@H]2COC(CC)(CC)O2)nc1C(C)=O. The molecule has 0 aliphatic carbocycles. The van der Waals surface area contributed by atoms with Crippen LogP contribution in [0.3, 0.4) is 0 Å². The highest BCUT2D eigenvalue weighted by Gasteiger charge is 2.44. The number of hydrogen-bond donors (Lipinski definition) is 2. The summed E-state index contributed by atoms with van der Waals surface area (Å²) in [7, 11) is 0. The third kappa shape index (κ3) is 4.27. The largest absolute Gasteiger partial charge is 0.387 e. The maximum atomic E-state index is 11.7. The Hall–Kier alpha value is -1.32. The van der Waals surface area contributed by atoms with E-state index in [4.69, 9.17) is 14.2 Å². The van der Waals surface area contributed by atoms with Gasteiger partial charge in [0.05, 0.1) is 12.3 Å². The molecule has 0 aromatic carbocycles. The lowest BCUT2D eigenvalue weighted by atomic mass is 10.1. The lowest BCUT2D eigenvalue weighted by molar-refractivity contribution is -0.188. The summed E-state index contributed by atoms with van der Waals surface area (Å²) in [6.45, 7) is 7.96. The third-order valence-corrected chi connectivity index (χ3v) is 4.51. The number of rotatable bonds is 9. The minimum Gasteiger partial charge on any atom is -0.387 e. The van der Waals surface area contributed by atoms with Crippen LogP contribution in [-0.4, -0.2) is 56.8 Å². The molecule has 0 unspecified atom stereocenters. The number of ether oxygens (including phenoxy) is 3. The molecule has 3 atom stereocenters. The Kier molecular flexibility index (Phi) is 6.70. The summed E-state index contributed by atoms with van der Waals surface area (Å²) >= 11 is 0. The fourth-order valence-electron chi connectivity index (χ4n) is 2.89. The predicted molar refractivity (Wildman–Crippen MR) is 89.0 cm³/mol. The van der Waals surface area contributed by atoms with Gasteiger partial charge >= 0.3 is 0 Å². The van der Waals surface area contributed by atoms with Crippen molar-refractivity contribution in [2.45, 2.75) is 71.4 Å². The number of carbonyl (C=O) groups is 1. The van der Waals surface area contributed by atoms with E-state index in [1.54, 1.807) is 0 Å². The van der Waals surface area contributed by atoms with Crippen LogP contribution in [0.4, 0.5) is 0 Å². The lowest BCUT2D eigenvalue weighted by Gasteiger charge is -2.27. The van der Waals surface area contributed by atoms with Gasteiger partial charge in [-0.1, -0.05) is 13.8 Å². The fourth-order valence-corrected chi connectivity index (χ4v) is 2.89. The highest BCUT2D eigenvalue weighted by molar-refractivity contribution is 5.90. The number of carbonyl (C=O) groups excluding carboxylic acids is 1.